The summed E-state index contributed by atoms with van der Waals surface area (Å²) in [5.41, 5.74) is 1.01. The van der Waals surface area contributed by atoms with Crippen molar-refractivity contribution in [3.05, 3.63) is 57.2 Å². The van der Waals surface area contributed by atoms with E-state index in [4.69, 9.17) is 11.6 Å². The molecule has 0 fully saturated rings. The molecule has 1 aromatic heterocycles. The van der Waals surface area contributed by atoms with Gasteiger partial charge in [-0.25, -0.2) is 4.99 Å². The topological polar surface area (TPSA) is 56.7 Å². The highest BCUT2D eigenvalue weighted by Gasteiger charge is 2.06. The van der Waals surface area contributed by atoms with Gasteiger partial charge in [-0.1, -0.05) is 29.8 Å². The lowest BCUT2D eigenvalue weighted by molar-refractivity contribution is -0.127. The molecule has 2 aromatic rings. The van der Waals surface area contributed by atoms with Crippen molar-refractivity contribution in [2.24, 2.45) is 4.99 Å². The summed E-state index contributed by atoms with van der Waals surface area (Å²) in [5, 5.41) is 9.03. The molecular formula is C17H22ClIN4OS. The zero-order valence-electron chi connectivity index (χ0n) is 14.2. The Bertz CT molecular complexity index is 692. The van der Waals surface area contributed by atoms with Crippen molar-refractivity contribution in [1.29, 1.82) is 0 Å². The summed E-state index contributed by atoms with van der Waals surface area (Å²) in [6.07, 6.45) is 0. The number of guanidine groups is 1. The Balaban J connectivity index is 0.00000312. The Hall–Kier alpha value is -1.32. The Kier molecular flexibility index (Phi) is 9.84. The van der Waals surface area contributed by atoms with Gasteiger partial charge in [0.15, 0.2) is 5.96 Å². The fourth-order valence-corrected chi connectivity index (χ4v) is 2.74. The molecule has 0 aliphatic carbocycles. The van der Waals surface area contributed by atoms with Crippen molar-refractivity contribution in [2.75, 3.05) is 20.6 Å². The van der Waals surface area contributed by atoms with Crippen LogP contribution in [0, 0.1) is 0 Å². The molecule has 0 saturated heterocycles. The summed E-state index contributed by atoms with van der Waals surface area (Å²) >= 11 is 7.67. The predicted octanol–water partition coefficient (Wildman–Crippen LogP) is 3.34. The van der Waals surface area contributed by atoms with Gasteiger partial charge in [0.05, 0.1) is 19.6 Å². The fourth-order valence-electron chi connectivity index (χ4n) is 1.88. The first kappa shape index (κ1) is 21.7. The molecule has 0 atom stereocenters. The second kappa shape index (κ2) is 11.3. The molecule has 5 nitrogen and oxygen atoms in total. The van der Waals surface area contributed by atoms with Gasteiger partial charge in [0.1, 0.15) is 0 Å². The first-order chi connectivity index (χ1) is 11.5. The van der Waals surface area contributed by atoms with Crippen LogP contribution in [0.4, 0.5) is 0 Å². The monoisotopic (exact) mass is 492 g/mol. The molecule has 1 aromatic carbocycles. The molecule has 25 heavy (non-hydrogen) atoms. The second-order valence-electron chi connectivity index (χ2n) is 5.37. The second-order valence-corrected chi connectivity index (χ2v) is 6.84. The van der Waals surface area contributed by atoms with E-state index < -0.39 is 0 Å². The highest BCUT2D eigenvalue weighted by atomic mass is 127. The van der Waals surface area contributed by atoms with Crippen LogP contribution in [-0.2, 0) is 17.9 Å². The maximum atomic E-state index is 11.8. The third-order valence-electron chi connectivity index (χ3n) is 3.22. The van der Waals surface area contributed by atoms with Crippen LogP contribution in [0.2, 0.25) is 5.02 Å². The normalized spacial score (nSPS) is 10.8. The van der Waals surface area contributed by atoms with Crippen molar-refractivity contribution in [3.63, 3.8) is 0 Å². The smallest absolute Gasteiger partial charge is 0.241 e. The summed E-state index contributed by atoms with van der Waals surface area (Å²) in [4.78, 5) is 19.0. The highest BCUT2D eigenvalue weighted by Crippen LogP contribution is 2.11. The molecule has 136 valence electrons. The number of benzene rings is 1. The van der Waals surface area contributed by atoms with Crippen LogP contribution in [-0.4, -0.2) is 37.4 Å². The average Bonchev–Trinajstić information content (AvgIpc) is 3.07. The molecule has 0 spiro atoms. The highest BCUT2D eigenvalue weighted by molar-refractivity contribution is 14.0. The quantitative estimate of drug-likeness (QED) is 0.369. The molecule has 0 saturated carbocycles. The third-order valence-corrected chi connectivity index (χ3v) is 4.34. The number of hydrogen-bond donors (Lipinski definition) is 2. The van der Waals surface area contributed by atoms with Crippen LogP contribution >= 0.6 is 46.9 Å². The average molecular weight is 493 g/mol. The van der Waals surface area contributed by atoms with Crippen LogP contribution in [0.15, 0.2) is 46.8 Å². The minimum atomic E-state index is -0.0108. The van der Waals surface area contributed by atoms with Gasteiger partial charge in [0.2, 0.25) is 5.91 Å². The van der Waals surface area contributed by atoms with Gasteiger partial charge in [0.25, 0.3) is 0 Å². The van der Waals surface area contributed by atoms with Gasteiger partial charge < -0.3 is 15.5 Å². The standard InChI is InChI=1S/C17H21ClN4OS.HI/c1-22(2)16(23)12-21-17(20-11-15-7-4-8-24-15)19-10-13-5-3-6-14(18)9-13;/h3-9H,10-12H2,1-2H3,(H2,19,20,21);1H. The summed E-state index contributed by atoms with van der Waals surface area (Å²) in [5.74, 6) is 0.585. The summed E-state index contributed by atoms with van der Waals surface area (Å²) in [7, 11) is 3.46. The fraction of sp³-hybridized carbons (Fsp3) is 0.294. The first-order valence-corrected chi connectivity index (χ1v) is 8.79. The van der Waals surface area contributed by atoms with Gasteiger partial charge in [0, 0.05) is 24.0 Å². The van der Waals surface area contributed by atoms with E-state index in [2.05, 4.69) is 21.7 Å². The molecular weight excluding hydrogens is 471 g/mol. The summed E-state index contributed by atoms with van der Waals surface area (Å²) < 4.78 is 0. The van der Waals surface area contributed by atoms with Crippen LogP contribution in [0.5, 0.6) is 0 Å². The minimum absolute atomic E-state index is 0. The summed E-state index contributed by atoms with van der Waals surface area (Å²) in [6.45, 7) is 1.34. The number of nitrogens with zero attached hydrogens (tertiary/aromatic N) is 2. The van der Waals surface area contributed by atoms with Gasteiger partial charge in [-0.15, -0.1) is 35.3 Å². The van der Waals surface area contributed by atoms with Crippen molar-refractivity contribution < 1.29 is 4.79 Å². The van der Waals surface area contributed by atoms with Crippen molar-refractivity contribution in [1.82, 2.24) is 15.5 Å². The van der Waals surface area contributed by atoms with Crippen molar-refractivity contribution in [3.8, 4) is 0 Å². The number of carbonyl (C=O) groups excluding carboxylic acids is 1. The van der Waals surface area contributed by atoms with Gasteiger partial charge in [-0.05, 0) is 29.1 Å². The molecule has 0 radical (unpaired) electrons. The van der Waals surface area contributed by atoms with E-state index in [1.54, 1.807) is 30.3 Å². The van der Waals surface area contributed by atoms with Gasteiger partial charge in [-0.3, -0.25) is 4.79 Å². The molecule has 0 bridgehead atoms. The van der Waals surface area contributed by atoms with E-state index in [1.165, 1.54) is 4.88 Å². The van der Waals surface area contributed by atoms with Gasteiger partial charge in [-0.2, -0.15) is 0 Å². The number of rotatable bonds is 6. The molecule has 0 unspecified atom stereocenters. The van der Waals surface area contributed by atoms with E-state index in [-0.39, 0.29) is 36.4 Å². The van der Waals surface area contributed by atoms with Crippen LogP contribution in [0.3, 0.4) is 0 Å². The Morgan fingerprint density at radius 1 is 1.24 bits per heavy atom. The largest absolute Gasteiger partial charge is 0.351 e. The van der Waals surface area contributed by atoms with E-state index >= 15 is 0 Å². The van der Waals surface area contributed by atoms with Crippen molar-refractivity contribution >= 4 is 58.8 Å². The zero-order valence-corrected chi connectivity index (χ0v) is 18.1. The molecule has 0 aliphatic rings. The molecule has 2 rings (SSSR count). The number of amides is 1. The molecule has 0 aliphatic heterocycles. The minimum Gasteiger partial charge on any atom is -0.351 e. The molecule has 2 N–H and O–H groups in total. The number of carbonyl (C=O) groups is 1. The third kappa shape index (κ3) is 8.06. The Morgan fingerprint density at radius 3 is 2.68 bits per heavy atom. The number of halogens is 2. The number of nitrogens with one attached hydrogen (secondary N) is 2. The van der Waals surface area contributed by atoms with E-state index in [0.717, 1.165) is 5.56 Å². The molecule has 1 heterocycles. The molecule has 8 heteroatoms. The lowest BCUT2D eigenvalue weighted by Crippen LogP contribution is -2.42. The number of aliphatic imine (C=N–C) groups is 1. The van der Waals surface area contributed by atoms with E-state index in [1.807, 2.05) is 35.7 Å². The first-order valence-electron chi connectivity index (χ1n) is 7.54. The maximum absolute atomic E-state index is 11.8. The van der Waals surface area contributed by atoms with Gasteiger partial charge >= 0.3 is 0 Å². The zero-order chi connectivity index (χ0) is 17.4. The van der Waals surface area contributed by atoms with Crippen LogP contribution in [0.25, 0.3) is 0 Å². The Labute approximate surface area is 174 Å². The summed E-state index contributed by atoms with van der Waals surface area (Å²) in [6, 6.07) is 11.6. The van der Waals surface area contributed by atoms with E-state index in [0.29, 0.717) is 24.1 Å². The lowest BCUT2D eigenvalue weighted by atomic mass is 10.2. The number of hydrogen-bond acceptors (Lipinski definition) is 3. The lowest BCUT2D eigenvalue weighted by Gasteiger charge is -2.14. The van der Waals surface area contributed by atoms with Crippen LogP contribution < -0.4 is 10.6 Å². The predicted molar refractivity (Wildman–Crippen MR) is 116 cm³/mol. The number of thiophene rings is 1. The Morgan fingerprint density at radius 2 is 2.04 bits per heavy atom. The SMILES string of the molecule is CN(C)C(=O)CNC(=NCc1cccc(Cl)c1)NCc1cccs1.I. The number of likely N-dealkylation sites (N-methyl/N-ethyl adjacent to an activating group) is 1. The molecule has 1 amide bonds. The maximum Gasteiger partial charge on any atom is 0.241 e. The van der Waals surface area contributed by atoms with E-state index in [9.17, 15) is 4.79 Å². The van der Waals surface area contributed by atoms with Crippen molar-refractivity contribution in [2.45, 2.75) is 13.1 Å². The van der Waals surface area contributed by atoms with Crippen LogP contribution in [0.1, 0.15) is 10.4 Å².